The van der Waals surface area contributed by atoms with Crippen LogP contribution in [0.25, 0.3) is 0 Å². The van der Waals surface area contributed by atoms with Crippen LogP contribution in [0, 0.1) is 40.9 Å². The molecule has 0 spiro atoms. The third-order valence-corrected chi connectivity index (χ3v) is 11.7. The second-order valence-corrected chi connectivity index (χ2v) is 15.5. The van der Waals surface area contributed by atoms with Crippen molar-refractivity contribution in [3.63, 3.8) is 0 Å². The highest BCUT2D eigenvalue weighted by Crippen LogP contribution is 2.44. The predicted octanol–water partition coefficient (Wildman–Crippen LogP) is 7.76. The number of halogens is 1. The zero-order chi connectivity index (χ0) is 26.4. The van der Waals surface area contributed by atoms with Crippen molar-refractivity contribution in [3.8, 4) is 0 Å². The lowest BCUT2D eigenvalue weighted by atomic mass is 9.65. The molecular formula is C32H58ClN3S. The van der Waals surface area contributed by atoms with Crippen LogP contribution in [0.15, 0.2) is 12.2 Å². The van der Waals surface area contributed by atoms with Gasteiger partial charge in [-0.1, -0.05) is 64.6 Å². The standard InChI is InChI=1S/C32H58ClN3S/c1-23(2)31(21-36-18-17-30(32(3,4)22-36)26-9-13-28(33)14-10-26)34-20-24-7-6-8-27(19-24)25-11-15-29(16-12-25)35-37-5/h9,13,23-31,34-35H,6-8,10-12,14-22H2,1-5H3/t24?,25?,26?,27?,28?,29?,30-,31+/m1/s1. The van der Waals surface area contributed by atoms with Gasteiger partial charge in [0.15, 0.2) is 0 Å². The summed E-state index contributed by atoms with van der Waals surface area (Å²) < 4.78 is 3.61. The maximum absolute atomic E-state index is 6.35. The summed E-state index contributed by atoms with van der Waals surface area (Å²) in [6.45, 7) is 14.8. The van der Waals surface area contributed by atoms with Crippen molar-refractivity contribution in [2.45, 2.75) is 116 Å². The van der Waals surface area contributed by atoms with Gasteiger partial charge in [0.1, 0.15) is 0 Å². The third-order valence-electron chi connectivity index (χ3n) is 10.7. The first-order chi connectivity index (χ1) is 17.7. The van der Waals surface area contributed by atoms with Crippen molar-refractivity contribution in [1.29, 1.82) is 0 Å². The number of hydrogen-bond acceptors (Lipinski definition) is 4. The van der Waals surface area contributed by atoms with Gasteiger partial charge < -0.3 is 10.2 Å². The largest absolute Gasteiger partial charge is 0.312 e. The molecule has 3 nitrogen and oxygen atoms in total. The lowest BCUT2D eigenvalue weighted by molar-refractivity contribution is 0.0214. The van der Waals surface area contributed by atoms with E-state index in [1.54, 1.807) is 11.9 Å². The summed E-state index contributed by atoms with van der Waals surface area (Å²) in [5.74, 6) is 5.05. The van der Waals surface area contributed by atoms with E-state index in [-0.39, 0.29) is 5.38 Å². The molecule has 2 saturated carbocycles. The van der Waals surface area contributed by atoms with Gasteiger partial charge in [-0.15, -0.1) is 11.6 Å². The monoisotopic (exact) mass is 551 g/mol. The van der Waals surface area contributed by atoms with E-state index in [2.05, 4.69) is 61.0 Å². The molecule has 0 radical (unpaired) electrons. The van der Waals surface area contributed by atoms with Crippen LogP contribution < -0.4 is 10.0 Å². The number of allylic oxidation sites excluding steroid dienone is 2. The highest BCUT2D eigenvalue weighted by atomic mass is 35.5. The van der Waals surface area contributed by atoms with Crippen LogP contribution in [-0.2, 0) is 0 Å². The molecule has 0 bridgehead atoms. The summed E-state index contributed by atoms with van der Waals surface area (Å²) >= 11 is 8.15. The highest BCUT2D eigenvalue weighted by Gasteiger charge is 2.40. The van der Waals surface area contributed by atoms with E-state index in [1.165, 1.54) is 90.4 Å². The van der Waals surface area contributed by atoms with Gasteiger partial charge in [0.25, 0.3) is 0 Å². The third kappa shape index (κ3) is 8.62. The molecule has 214 valence electrons. The first-order valence-electron chi connectivity index (χ1n) is 15.8. The van der Waals surface area contributed by atoms with Gasteiger partial charge in [-0.25, -0.2) is 0 Å². The molecule has 37 heavy (non-hydrogen) atoms. The fourth-order valence-electron chi connectivity index (χ4n) is 8.51. The second-order valence-electron chi connectivity index (χ2n) is 14.2. The van der Waals surface area contributed by atoms with Crippen molar-refractivity contribution >= 4 is 23.5 Å². The minimum Gasteiger partial charge on any atom is -0.312 e. The van der Waals surface area contributed by atoms with Gasteiger partial charge >= 0.3 is 0 Å². The highest BCUT2D eigenvalue weighted by molar-refractivity contribution is 7.96. The molecule has 6 atom stereocenters. The van der Waals surface area contributed by atoms with Crippen molar-refractivity contribution < 1.29 is 0 Å². The van der Waals surface area contributed by atoms with E-state index in [0.717, 1.165) is 42.1 Å². The van der Waals surface area contributed by atoms with Crippen molar-refractivity contribution in [2.75, 3.05) is 32.4 Å². The minimum atomic E-state index is 0.258. The van der Waals surface area contributed by atoms with Gasteiger partial charge in [-0.3, -0.25) is 4.72 Å². The molecule has 2 N–H and O–H groups in total. The van der Waals surface area contributed by atoms with Crippen LogP contribution >= 0.6 is 23.5 Å². The van der Waals surface area contributed by atoms with Gasteiger partial charge in [0.05, 0.1) is 5.38 Å². The fraction of sp³-hybridized carbons (Fsp3) is 0.938. The van der Waals surface area contributed by atoms with E-state index in [9.17, 15) is 0 Å². The Morgan fingerprint density at radius 2 is 1.76 bits per heavy atom. The molecule has 3 fully saturated rings. The summed E-state index contributed by atoms with van der Waals surface area (Å²) in [5, 5.41) is 4.37. The Morgan fingerprint density at radius 1 is 0.973 bits per heavy atom. The van der Waals surface area contributed by atoms with Gasteiger partial charge in [0, 0.05) is 25.2 Å². The second kappa shape index (κ2) is 14.2. The molecule has 5 heteroatoms. The van der Waals surface area contributed by atoms with Gasteiger partial charge in [-0.2, -0.15) is 0 Å². The summed E-state index contributed by atoms with van der Waals surface area (Å²) in [5.41, 5.74) is 0.370. The Balaban J connectivity index is 1.23. The number of nitrogens with zero attached hydrogens (tertiary/aromatic N) is 1. The first kappa shape index (κ1) is 30.2. The molecule has 4 rings (SSSR count). The molecule has 4 unspecified atom stereocenters. The lowest BCUT2D eigenvalue weighted by Gasteiger charge is -2.48. The zero-order valence-electron chi connectivity index (χ0n) is 24.7. The number of likely N-dealkylation sites (tertiary alicyclic amines) is 1. The van der Waals surface area contributed by atoms with Crippen LogP contribution in [0.1, 0.15) is 98.3 Å². The fourth-order valence-corrected chi connectivity index (χ4v) is 9.28. The Bertz CT molecular complexity index is 704. The van der Waals surface area contributed by atoms with Crippen molar-refractivity contribution in [2.24, 2.45) is 40.9 Å². The van der Waals surface area contributed by atoms with E-state index in [1.807, 2.05) is 0 Å². The first-order valence-corrected chi connectivity index (χ1v) is 17.5. The van der Waals surface area contributed by atoms with Gasteiger partial charge in [-0.05, 0) is 118 Å². The molecule has 1 saturated heterocycles. The maximum atomic E-state index is 6.35. The predicted molar refractivity (Wildman–Crippen MR) is 164 cm³/mol. The van der Waals surface area contributed by atoms with E-state index in [0.29, 0.717) is 17.4 Å². The van der Waals surface area contributed by atoms with Crippen molar-refractivity contribution in [3.05, 3.63) is 12.2 Å². The smallest absolute Gasteiger partial charge is 0.0516 e. The molecule has 0 aromatic heterocycles. The maximum Gasteiger partial charge on any atom is 0.0516 e. The molecular weight excluding hydrogens is 494 g/mol. The van der Waals surface area contributed by atoms with Crippen LogP contribution in [-0.4, -0.2) is 54.8 Å². The molecule has 3 aliphatic carbocycles. The molecule has 0 aromatic rings. The van der Waals surface area contributed by atoms with Crippen LogP contribution in [0.3, 0.4) is 0 Å². The number of rotatable bonds is 10. The van der Waals surface area contributed by atoms with E-state index >= 15 is 0 Å². The summed E-state index contributed by atoms with van der Waals surface area (Å²) in [7, 11) is 0. The quantitative estimate of drug-likeness (QED) is 0.165. The number of hydrogen-bond donors (Lipinski definition) is 2. The normalized spacial score (nSPS) is 38.1. The Morgan fingerprint density at radius 3 is 2.41 bits per heavy atom. The molecule has 0 aromatic carbocycles. The average Bonchev–Trinajstić information content (AvgIpc) is 2.87. The number of nitrogens with one attached hydrogen (secondary N) is 2. The summed E-state index contributed by atoms with van der Waals surface area (Å²) in [4.78, 5) is 2.79. The Kier molecular flexibility index (Phi) is 11.6. The molecule has 4 aliphatic rings. The molecule has 1 heterocycles. The van der Waals surface area contributed by atoms with Crippen LogP contribution in [0.4, 0.5) is 0 Å². The van der Waals surface area contributed by atoms with Gasteiger partial charge in [0.2, 0.25) is 0 Å². The Hall–Kier alpha value is 0.260. The number of alkyl halides is 1. The minimum absolute atomic E-state index is 0.258. The van der Waals surface area contributed by atoms with E-state index < -0.39 is 0 Å². The summed E-state index contributed by atoms with van der Waals surface area (Å²) in [6, 6.07) is 1.36. The van der Waals surface area contributed by atoms with Crippen LogP contribution in [0.5, 0.6) is 0 Å². The van der Waals surface area contributed by atoms with E-state index in [4.69, 9.17) is 11.6 Å². The average molecular weight is 552 g/mol. The Labute approximate surface area is 239 Å². The topological polar surface area (TPSA) is 27.3 Å². The SMILES string of the molecule is CSNC1CCC(C2CCCC(CN[C@@H](CN3CC[C@H](C4C=CC(Cl)CC4)C(C)(C)C3)C(C)C)C2)CC1. The van der Waals surface area contributed by atoms with Crippen LogP contribution in [0.2, 0.25) is 0 Å². The zero-order valence-corrected chi connectivity index (χ0v) is 26.3. The molecule has 0 amide bonds. The summed E-state index contributed by atoms with van der Waals surface area (Å²) in [6.07, 6.45) is 22.2. The number of piperidine rings is 1. The lowest BCUT2D eigenvalue weighted by Crippen LogP contribution is -2.53. The molecule has 1 aliphatic heterocycles. The van der Waals surface area contributed by atoms with Crippen molar-refractivity contribution in [1.82, 2.24) is 14.9 Å².